The monoisotopic (exact) mass is 342 g/mol. The van der Waals surface area contributed by atoms with Crippen LogP contribution in [0.1, 0.15) is 21.5 Å². The molecule has 0 radical (unpaired) electrons. The SMILES string of the molecule is CN(Cc1ccccc1)C(=O)c1cncc(Nc2ccccc2C#N)c1. The maximum atomic E-state index is 12.7. The number of hydrogen-bond acceptors (Lipinski definition) is 4. The molecule has 26 heavy (non-hydrogen) atoms. The van der Waals surface area contributed by atoms with Gasteiger partial charge in [-0.2, -0.15) is 5.26 Å². The van der Waals surface area contributed by atoms with Gasteiger partial charge in [-0.05, 0) is 23.8 Å². The van der Waals surface area contributed by atoms with Crippen LogP contribution in [-0.2, 0) is 6.54 Å². The molecule has 0 saturated carbocycles. The van der Waals surface area contributed by atoms with Gasteiger partial charge in [-0.25, -0.2) is 0 Å². The number of carbonyl (C=O) groups is 1. The summed E-state index contributed by atoms with van der Waals surface area (Å²) in [5.74, 6) is -0.112. The summed E-state index contributed by atoms with van der Waals surface area (Å²) in [5, 5.41) is 12.3. The summed E-state index contributed by atoms with van der Waals surface area (Å²) in [6.45, 7) is 0.522. The molecule has 3 aromatic rings. The highest BCUT2D eigenvalue weighted by atomic mass is 16.2. The van der Waals surface area contributed by atoms with Crippen molar-refractivity contribution in [2.24, 2.45) is 0 Å². The average molecular weight is 342 g/mol. The Bertz CT molecular complexity index is 947. The van der Waals surface area contributed by atoms with Crippen LogP contribution in [0.2, 0.25) is 0 Å². The summed E-state index contributed by atoms with van der Waals surface area (Å²) in [6, 6.07) is 20.9. The van der Waals surface area contributed by atoms with E-state index in [1.54, 1.807) is 42.5 Å². The number of anilines is 2. The van der Waals surface area contributed by atoms with Gasteiger partial charge in [0.05, 0.1) is 28.7 Å². The number of hydrogen-bond donors (Lipinski definition) is 1. The molecule has 2 aromatic carbocycles. The fourth-order valence-corrected chi connectivity index (χ4v) is 2.62. The number of pyridine rings is 1. The molecule has 128 valence electrons. The molecule has 0 aliphatic heterocycles. The fraction of sp³-hybridized carbons (Fsp3) is 0.0952. The first-order valence-corrected chi connectivity index (χ1v) is 8.18. The van der Waals surface area contributed by atoms with Gasteiger partial charge in [-0.1, -0.05) is 42.5 Å². The zero-order valence-corrected chi connectivity index (χ0v) is 14.4. The summed E-state index contributed by atoms with van der Waals surface area (Å²) in [6.07, 6.45) is 3.17. The summed E-state index contributed by atoms with van der Waals surface area (Å²) in [4.78, 5) is 18.5. The zero-order chi connectivity index (χ0) is 18.4. The lowest BCUT2D eigenvalue weighted by molar-refractivity contribution is 0.0784. The van der Waals surface area contributed by atoms with Crippen LogP contribution in [0.25, 0.3) is 0 Å². The van der Waals surface area contributed by atoms with E-state index in [4.69, 9.17) is 0 Å². The largest absolute Gasteiger partial charge is 0.353 e. The molecule has 1 N–H and O–H groups in total. The average Bonchev–Trinajstić information content (AvgIpc) is 2.69. The van der Waals surface area contributed by atoms with E-state index in [1.807, 2.05) is 42.5 Å². The number of para-hydroxylation sites is 1. The second-order valence-corrected chi connectivity index (χ2v) is 5.89. The van der Waals surface area contributed by atoms with Crippen LogP contribution >= 0.6 is 0 Å². The van der Waals surface area contributed by atoms with E-state index in [0.717, 1.165) is 5.56 Å². The van der Waals surface area contributed by atoms with Gasteiger partial charge in [0, 0.05) is 19.8 Å². The number of rotatable bonds is 5. The molecular formula is C21H18N4O. The Hall–Kier alpha value is -3.65. The number of nitrogens with zero attached hydrogens (tertiary/aromatic N) is 3. The van der Waals surface area contributed by atoms with Crippen LogP contribution in [0.4, 0.5) is 11.4 Å². The first kappa shape index (κ1) is 17.2. The van der Waals surface area contributed by atoms with Crippen molar-refractivity contribution in [3.63, 3.8) is 0 Å². The predicted molar refractivity (Wildman–Crippen MR) is 101 cm³/mol. The molecule has 3 rings (SSSR count). The molecule has 5 nitrogen and oxygen atoms in total. The molecule has 0 bridgehead atoms. The van der Waals surface area contributed by atoms with Crippen LogP contribution in [0.5, 0.6) is 0 Å². The van der Waals surface area contributed by atoms with Crippen LogP contribution in [-0.4, -0.2) is 22.8 Å². The third kappa shape index (κ3) is 4.05. The van der Waals surface area contributed by atoms with Crippen LogP contribution in [0.15, 0.2) is 73.1 Å². The zero-order valence-electron chi connectivity index (χ0n) is 14.4. The topological polar surface area (TPSA) is 69.0 Å². The molecule has 0 aliphatic rings. The minimum atomic E-state index is -0.112. The summed E-state index contributed by atoms with van der Waals surface area (Å²) in [5.41, 5.74) is 3.42. The molecule has 0 atom stereocenters. The van der Waals surface area contributed by atoms with Crippen molar-refractivity contribution < 1.29 is 4.79 Å². The standard InChI is InChI=1S/C21H18N4O/c1-25(15-16-7-3-2-4-8-16)21(26)18-11-19(14-23-13-18)24-20-10-6-5-9-17(20)12-22/h2-11,13-14,24H,15H2,1H3. The van der Waals surface area contributed by atoms with Crippen LogP contribution in [0.3, 0.4) is 0 Å². The minimum Gasteiger partial charge on any atom is -0.353 e. The Morgan fingerprint density at radius 2 is 1.85 bits per heavy atom. The number of amides is 1. The van der Waals surface area contributed by atoms with Crippen LogP contribution < -0.4 is 5.32 Å². The molecule has 0 unspecified atom stereocenters. The molecule has 1 heterocycles. The predicted octanol–water partition coefficient (Wildman–Crippen LogP) is 3.97. The van der Waals surface area contributed by atoms with Gasteiger partial charge in [-0.15, -0.1) is 0 Å². The molecule has 0 spiro atoms. The number of nitriles is 1. The van der Waals surface area contributed by atoms with E-state index in [1.165, 1.54) is 0 Å². The van der Waals surface area contributed by atoms with Crippen LogP contribution in [0, 0.1) is 11.3 Å². The van der Waals surface area contributed by atoms with E-state index in [-0.39, 0.29) is 5.91 Å². The minimum absolute atomic E-state index is 0.112. The summed E-state index contributed by atoms with van der Waals surface area (Å²) < 4.78 is 0. The van der Waals surface area contributed by atoms with Crippen molar-refractivity contribution in [2.75, 3.05) is 12.4 Å². The smallest absolute Gasteiger partial charge is 0.255 e. The van der Waals surface area contributed by atoms with Crippen molar-refractivity contribution in [3.05, 3.63) is 89.7 Å². The number of nitrogens with one attached hydrogen (secondary N) is 1. The number of benzene rings is 2. The van der Waals surface area contributed by atoms with Gasteiger partial charge in [0.25, 0.3) is 5.91 Å². The molecule has 0 saturated heterocycles. The van der Waals surface area contributed by atoms with Gasteiger partial charge >= 0.3 is 0 Å². The van der Waals surface area contributed by atoms with Crippen molar-refractivity contribution in [3.8, 4) is 6.07 Å². The van der Waals surface area contributed by atoms with Gasteiger partial charge in [0.15, 0.2) is 0 Å². The Balaban J connectivity index is 1.76. The Morgan fingerprint density at radius 1 is 1.12 bits per heavy atom. The highest BCUT2D eigenvalue weighted by Crippen LogP contribution is 2.21. The fourth-order valence-electron chi connectivity index (χ4n) is 2.62. The van der Waals surface area contributed by atoms with E-state index in [0.29, 0.717) is 29.0 Å². The molecule has 1 amide bonds. The van der Waals surface area contributed by atoms with Gasteiger partial charge < -0.3 is 10.2 Å². The molecular weight excluding hydrogens is 324 g/mol. The Labute approximate surface area is 152 Å². The number of aromatic nitrogens is 1. The lowest BCUT2D eigenvalue weighted by atomic mass is 10.1. The van der Waals surface area contributed by atoms with E-state index < -0.39 is 0 Å². The molecule has 5 heteroatoms. The Kier molecular flexibility index (Phi) is 5.25. The van der Waals surface area contributed by atoms with Crippen molar-refractivity contribution >= 4 is 17.3 Å². The highest BCUT2D eigenvalue weighted by molar-refractivity contribution is 5.94. The lowest BCUT2D eigenvalue weighted by Gasteiger charge is -2.17. The van der Waals surface area contributed by atoms with Gasteiger partial charge in [-0.3, -0.25) is 9.78 Å². The normalized spacial score (nSPS) is 10.0. The maximum absolute atomic E-state index is 12.7. The van der Waals surface area contributed by atoms with Crippen molar-refractivity contribution in [2.45, 2.75) is 6.54 Å². The quantitative estimate of drug-likeness (QED) is 0.762. The van der Waals surface area contributed by atoms with Gasteiger partial charge in [0.2, 0.25) is 0 Å². The molecule has 1 aromatic heterocycles. The van der Waals surface area contributed by atoms with E-state index in [9.17, 15) is 10.1 Å². The van der Waals surface area contributed by atoms with E-state index >= 15 is 0 Å². The molecule has 0 aliphatic carbocycles. The van der Waals surface area contributed by atoms with E-state index in [2.05, 4.69) is 16.4 Å². The second-order valence-electron chi connectivity index (χ2n) is 5.89. The first-order chi connectivity index (χ1) is 12.7. The highest BCUT2D eigenvalue weighted by Gasteiger charge is 2.13. The lowest BCUT2D eigenvalue weighted by Crippen LogP contribution is -2.26. The Morgan fingerprint density at radius 3 is 2.62 bits per heavy atom. The summed E-state index contributed by atoms with van der Waals surface area (Å²) >= 11 is 0. The third-order valence-electron chi connectivity index (χ3n) is 3.92. The van der Waals surface area contributed by atoms with Gasteiger partial charge in [0.1, 0.15) is 6.07 Å². The first-order valence-electron chi connectivity index (χ1n) is 8.18. The summed E-state index contributed by atoms with van der Waals surface area (Å²) in [7, 11) is 1.76. The van der Waals surface area contributed by atoms with Crippen molar-refractivity contribution in [1.29, 1.82) is 5.26 Å². The van der Waals surface area contributed by atoms with Crippen molar-refractivity contribution in [1.82, 2.24) is 9.88 Å². The second kappa shape index (κ2) is 7.95. The maximum Gasteiger partial charge on any atom is 0.255 e. The number of carbonyl (C=O) groups excluding carboxylic acids is 1. The third-order valence-corrected chi connectivity index (χ3v) is 3.92. The molecule has 0 fully saturated rings.